The maximum atomic E-state index is 12.4. The van der Waals surface area contributed by atoms with Crippen molar-refractivity contribution in [2.45, 2.75) is 92.5 Å². The number of rotatable bonds is 10. The molecular weight excluding hydrogens is 488 g/mol. The molecule has 5 nitrogen and oxygen atoms in total. The van der Waals surface area contributed by atoms with Gasteiger partial charge in [0.25, 0.3) is 6.43 Å². The molecule has 0 aromatic heterocycles. The summed E-state index contributed by atoms with van der Waals surface area (Å²) in [6.07, 6.45) is 4.76. The molecule has 0 aromatic rings. The van der Waals surface area contributed by atoms with E-state index in [0.29, 0.717) is 5.92 Å². The number of allylic oxidation sites excluding steroid dienone is 1. The SMILES string of the molecule is C=C([C@H](C)CNC)N(CC)CCC.CC.CC1CCCC1.CCN1CCN(C2NC(C(F)F)=CS2)CC1. The molecule has 2 fully saturated rings. The summed E-state index contributed by atoms with van der Waals surface area (Å²) < 4.78 is 24.9. The zero-order chi connectivity index (χ0) is 28.2. The molecule has 2 aliphatic heterocycles. The summed E-state index contributed by atoms with van der Waals surface area (Å²) >= 11 is 1.45. The Morgan fingerprint density at radius 2 is 1.76 bits per heavy atom. The van der Waals surface area contributed by atoms with Crippen molar-refractivity contribution in [3.8, 4) is 0 Å². The highest BCUT2D eigenvalue weighted by Gasteiger charge is 2.29. The smallest absolute Gasteiger partial charge is 0.278 e. The summed E-state index contributed by atoms with van der Waals surface area (Å²) in [5, 5.41) is 7.60. The first-order chi connectivity index (χ1) is 17.8. The first-order valence-electron chi connectivity index (χ1n) is 14.7. The maximum Gasteiger partial charge on any atom is 0.278 e. The van der Waals surface area contributed by atoms with E-state index in [1.54, 1.807) is 5.41 Å². The van der Waals surface area contributed by atoms with Gasteiger partial charge in [-0.2, -0.15) is 0 Å². The fraction of sp³-hybridized carbons (Fsp3) is 0.862. The van der Waals surface area contributed by atoms with Crippen LogP contribution in [0.4, 0.5) is 8.78 Å². The lowest BCUT2D eigenvalue weighted by Crippen LogP contribution is -2.52. The van der Waals surface area contributed by atoms with Crippen molar-refractivity contribution in [1.29, 1.82) is 0 Å². The van der Waals surface area contributed by atoms with Gasteiger partial charge in [0.1, 0.15) is 5.50 Å². The number of halogens is 2. The highest BCUT2D eigenvalue weighted by atomic mass is 32.2. The molecule has 3 aliphatic rings. The standard InChI is InChI=1S/C11H24N2.C10H17F2N3S.C6H12.C2H6/c1-6-8-13(7-2)11(4)10(3)9-12-5;1-2-14-3-5-15(6-4-14)10-13-8(7-16-10)9(11)12;1-6-4-2-3-5-6;1-2/h10,12H,4,6-9H2,1-3,5H3;7,9-10,13H,2-6H2,1H3;6H,2-5H2,1H3;1-2H3/t10-;;;/m1.../s1. The van der Waals surface area contributed by atoms with Crippen molar-refractivity contribution in [2.24, 2.45) is 11.8 Å². The molecule has 0 radical (unpaired) electrons. The van der Waals surface area contributed by atoms with Gasteiger partial charge in [-0.05, 0) is 38.3 Å². The van der Waals surface area contributed by atoms with Crippen LogP contribution in [0.25, 0.3) is 0 Å². The predicted molar refractivity (Wildman–Crippen MR) is 161 cm³/mol. The van der Waals surface area contributed by atoms with Crippen LogP contribution in [0.3, 0.4) is 0 Å². The number of piperazine rings is 1. The lowest BCUT2D eigenvalue weighted by molar-refractivity contribution is 0.114. The second-order valence-corrected chi connectivity index (χ2v) is 10.9. The van der Waals surface area contributed by atoms with Gasteiger partial charge >= 0.3 is 0 Å². The van der Waals surface area contributed by atoms with Gasteiger partial charge in [-0.25, -0.2) is 8.78 Å². The Balaban J connectivity index is 0.000000551. The van der Waals surface area contributed by atoms with Gasteiger partial charge in [-0.1, -0.05) is 85.6 Å². The molecule has 0 bridgehead atoms. The lowest BCUT2D eigenvalue weighted by atomic mass is 10.1. The van der Waals surface area contributed by atoms with Gasteiger partial charge < -0.3 is 20.4 Å². The first kappa shape index (κ1) is 36.2. The van der Waals surface area contributed by atoms with E-state index >= 15 is 0 Å². The van der Waals surface area contributed by atoms with E-state index < -0.39 is 6.43 Å². The number of alkyl halides is 2. The van der Waals surface area contributed by atoms with Crippen LogP contribution in [0.2, 0.25) is 0 Å². The number of nitrogens with zero attached hydrogens (tertiary/aromatic N) is 3. The highest BCUT2D eigenvalue weighted by Crippen LogP contribution is 2.27. The zero-order valence-corrected chi connectivity index (χ0v) is 26.1. The monoisotopic (exact) mass is 547 g/mol. The molecule has 2 atom stereocenters. The third-order valence-corrected chi connectivity index (χ3v) is 8.10. The summed E-state index contributed by atoms with van der Waals surface area (Å²) in [6, 6.07) is 0. The fourth-order valence-electron chi connectivity index (χ4n) is 4.59. The Hall–Kier alpha value is -0.830. The van der Waals surface area contributed by atoms with Crippen molar-refractivity contribution in [1.82, 2.24) is 25.3 Å². The zero-order valence-electron chi connectivity index (χ0n) is 25.3. The molecule has 0 aromatic carbocycles. The van der Waals surface area contributed by atoms with E-state index in [2.05, 4.69) is 66.5 Å². The molecule has 1 unspecified atom stereocenters. The Morgan fingerprint density at radius 1 is 1.16 bits per heavy atom. The Bertz CT molecular complexity index is 591. The first-order valence-corrected chi connectivity index (χ1v) is 15.7. The average Bonchev–Trinajstić information content (AvgIpc) is 3.61. The third-order valence-electron chi connectivity index (χ3n) is 7.04. The van der Waals surface area contributed by atoms with Crippen molar-refractivity contribution >= 4 is 11.8 Å². The van der Waals surface area contributed by atoms with E-state index in [0.717, 1.165) is 58.3 Å². The second-order valence-electron chi connectivity index (χ2n) is 9.90. The van der Waals surface area contributed by atoms with E-state index in [1.807, 2.05) is 20.9 Å². The third kappa shape index (κ3) is 14.8. The van der Waals surface area contributed by atoms with Crippen LogP contribution >= 0.6 is 11.8 Å². The lowest BCUT2D eigenvalue weighted by Gasteiger charge is -2.37. The van der Waals surface area contributed by atoms with Gasteiger partial charge in [0, 0.05) is 57.4 Å². The molecule has 0 amide bonds. The van der Waals surface area contributed by atoms with Gasteiger partial charge in [-0.3, -0.25) is 4.90 Å². The molecule has 2 N–H and O–H groups in total. The van der Waals surface area contributed by atoms with Crippen LogP contribution in [-0.4, -0.2) is 86.0 Å². The average molecular weight is 548 g/mol. The van der Waals surface area contributed by atoms with Crippen molar-refractivity contribution in [3.63, 3.8) is 0 Å². The number of thioether (sulfide) groups is 1. The van der Waals surface area contributed by atoms with Crippen LogP contribution in [0.5, 0.6) is 0 Å². The van der Waals surface area contributed by atoms with Gasteiger partial charge in [0.05, 0.1) is 5.70 Å². The molecular formula is C29H59F2N5S. The number of likely N-dealkylation sites (N-methyl/N-ethyl adjacent to an activating group) is 1. The molecule has 2 heterocycles. The van der Waals surface area contributed by atoms with Crippen LogP contribution in [-0.2, 0) is 0 Å². The summed E-state index contributed by atoms with van der Waals surface area (Å²) in [5.74, 6) is 1.58. The summed E-state index contributed by atoms with van der Waals surface area (Å²) in [7, 11) is 1.99. The van der Waals surface area contributed by atoms with E-state index in [1.165, 1.54) is 49.6 Å². The van der Waals surface area contributed by atoms with E-state index in [-0.39, 0.29) is 11.2 Å². The van der Waals surface area contributed by atoms with E-state index in [4.69, 9.17) is 0 Å². The topological polar surface area (TPSA) is 33.8 Å². The minimum atomic E-state index is -2.38. The predicted octanol–water partition coefficient (Wildman–Crippen LogP) is 6.66. The number of hydrogen-bond acceptors (Lipinski definition) is 6. The quantitative estimate of drug-likeness (QED) is 0.318. The second kappa shape index (κ2) is 22.0. The molecule has 0 spiro atoms. The summed E-state index contributed by atoms with van der Waals surface area (Å²) in [6.45, 7) is 27.5. The summed E-state index contributed by atoms with van der Waals surface area (Å²) in [5.41, 5.74) is 1.33. The van der Waals surface area contributed by atoms with Crippen LogP contribution in [0.1, 0.15) is 80.6 Å². The van der Waals surface area contributed by atoms with Gasteiger partial charge in [-0.15, -0.1) is 0 Å². The number of hydrogen-bond donors (Lipinski definition) is 2. The van der Waals surface area contributed by atoms with Crippen molar-refractivity contribution < 1.29 is 8.78 Å². The molecule has 37 heavy (non-hydrogen) atoms. The van der Waals surface area contributed by atoms with Crippen LogP contribution in [0.15, 0.2) is 23.4 Å². The Morgan fingerprint density at radius 3 is 2.14 bits per heavy atom. The molecule has 1 saturated carbocycles. The van der Waals surface area contributed by atoms with Crippen molar-refractivity contribution in [2.75, 3.05) is 59.4 Å². The van der Waals surface area contributed by atoms with Gasteiger partial charge in [0.2, 0.25) is 0 Å². The molecule has 1 saturated heterocycles. The largest absolute Gasteiger partial charge is 0.375 e. The minimum Gasteiger partial charge on any atom is -0.375 e. The summed E-state index contributed by atoms with van der Waals surface area (Å²) in [4.78, 5) is 6.96. The van der Waals surface area contributed by atoms with Gasteiger partial charge in [0.15, 0.2) is 0 Å². The van der Waals surface area contributed by atoms with E-state index in [9.17, 15) is 8.78 Å². The Labute approximate surface area is 232 Å². The van der Waals surface area contributed by atoms with Crippen LogP contribution in [0, 0.1) is 11.8 Å². The molecule has 220 valence electrons. The minimum absolute atomic E-state index is 0.00278. The highest BCUT2D eigenvalue weighted by molar-refractivity contribution is 8.02. The Kier molecular flexibility index (Phi) is 21.5. The fourth-order valence-corrected chi connectivity index (χ4v) is 5.63. The molecule has 8 heteroatoms. The van der Waals surface area contributed by atoms with Crippen LogP contribution < -0.4 is 10.6 Å². The van der Waals surface area contributed by atoms with Crippen molar-refractivity contribution in [3.05, 3.63) is 23.4 Å². The number of nitrogens with one attached hydrogen (secondary N) is 2. The molecule has 1 aliphatic carbocycles. The molecule has 3 rings (SSSR count). The maximum absolute atomic E-state index is 12.4. The normalized spacial score (nSPS) is 20.9.